The summed E-state index contributed by atoms with van der Waals surface area (Å²) < 4.78 is 0. The number of carbonyl (C=O) groups excluding carboxylic acids is 2. The van der Waals surface area contributed by atoms with Crippen molar-refractivity contribution in [1.29, 1.82) is 0 Å². The average Bonchev–Trinajstić information content (AvgIpc) is 2.30. The molecule has 3 amide bonds. The molecule has 0 radical (unpaired) electrons. The van der Waals surface area contributed by atoms with E-state index in [1.807, 2.05) is 13.8 Å². The lowest BCUT2D eigenvalue weighted by atomic mass is 10.3. The van der Waals surface area contributed by atoms with Crippen molar-refractivity contribution in [3.8, 4) is 0 Å². The molecule has 0 heterocycles. The Morgan fingerprint density at radius 3 is 2.58 bits per heavy atom. The van der Waals surface area contributed by atoms with Gasteiger partial charge in [-0.1, -0.05) is 23.2 Å². The van der Waals surface area contributed by atoms with E-state index in [9.17, 15) is 9.59 Å². The number of halogens is 2. The highest BCUT2D eigenvalue weighted by molar-refractivity contribution is 6.35. The predicted molar refractivity (Wildman–Crippen MR) is 76.8 cm³/mol. The van der Waals surface area contributed by atoms with Gasteiger partial charge in [-0.2, -0.15) is 0 Å². The number of anilines is 1. The van der Waals surface area contributed by atoms with Crippen LogP contribution in [0.2, 0.25) is 10.0 Å². The summed E-state index contributed by atoms with van der Waals surface area (Å²) in [7, 11) is 0. The fraction of sp³-hybridized carbons (Fsp3) is 0.333. The lowest BCUT2D eigenvalue weighted by Gasteiger charge is -2.11. The summed E-state index contributed by atoms with van der Waals surface area (Å²) in [5.41, 5.74) is 0.408. The largest absolute Gasteiger partial charge is 0.336 e. The van der Waals surface area contributed by atoms with Gasteiger partial charge in [0.1, 0.15) is 0 Å². The number of benzene rings is 1. The van der Waals surface area contributed by atoms with Crippen LogP contribution >= 0.6 is 23.2 Å². The Balaban J connectivity index is 2.47. The van der Waals surface area contributed by atoms with Gasteiger partial charge < -0.3 is 16.0 Å². The van der Waals surface area contributed by atoms with E-state index >= 15 is 0 Å². The van der Waals surface area contributed by atoms with E-state index in [4.69, 9.17) is 23.2 Å². The zero-order valence-electron chi connectivity index (χ0n) is 10.6. The van der Waals surface area contributed by atoms with Crippen molar-refractivity contribution < 1.29 is 9.59 Å². The van der Waals surface area contributed by atoms with Crippen LogP contribution in [-0.4, -0.2) is 24.5 Å². The zero-order chi connectivity index (χ0) is 14.4. The van der Waals surface area contributed by atoms with Gasteiger partial charge >= 0.3 is 6.03 Å². The topological polar surface area (TPSA) is 70.2 Å². The fourth-order valence-electron chi connectivity index (χ4n) is 1.26. The van der Waals surface area contributed by atoms with Crippen molar-refractivity contribution in [1.82, 2.24) is 10.6 Å². The SMILES string of the molecule is CC(C)NC(=O)NCC(=O)Nc1cc(Cl)ccc1Cl. The molecule has 19 heavy (non-hydrogen) atoms. The number of hydrogen-bond donors (Lipinski definition) is 3. The molecule has 1 aromatic carbocycles. The van der Waals surface area contributed by atoms with E-state index in [1.165, 1.54) is 6.07 Å². The Morgan fingerprint density at radius 1 is 1.26 bits per heavy atom. The minimum absolute atomic E-state index is 0.00503. The van der Waals surface area contributed by atoms with Crippen molar-refractivity contribution in [2.75, 3.05) is 11.9 Å². The summed E-state index contributed by atoms with van der Waals surface area (Å²) in [5.74, 6) is -0.386. The molecule has 0 atom stereocenters. The van der Waals surface area contributed by atoms with E-state index in [1.54, 1.807) is 12.1 Å². The van der Waals surface area contributed by atoms with Crippen LogP contribution in [0.5, 0.6) is 0 Å². The summed E-state index contributed by atoms with van der Waals surface area (Å²) in [6.07, 6.45) is 0. The first kappa shape index (κ1) is 15.6. The Labute approximate surface area is 121 Å². The van der Waals surface area contributed by atoms with Crippen molar-refractivity contribution in [3.63, 3.8) is 0 Å². The van der Waals surface area contributed by atoms with E-state index < -0.39 is 6.03 Å². The normalized spacial score (nSPS) is 10.2. The molecule has 0 aliphatic rings. The molecular weight excluding hydrogens is 289 g/mol. The molecule has 3 N–H and O–H groups in total. The van der Waals surface area contributed by atoms with E-state index in [2.05, 4.69) is 16.0 Å². The van der Waals surface area contributed by atoms with Crippen LogP contribution in [0.1, 0.15) is 13.8 Å². The van der Waals surface area contributed by atoms with Crippen LogP contribution in [0.25, 0.3) is 0 Å². The average molecular weight is 304 g/mol. The minimum atomic E-state index is -0.401. The monoisotopic (exact) mass is 303 g/mol. The van der Waals surface area contributed by atoms with E-state index in [0.29, 0.717) is 15.7 Å². The molecule has 5 nitrogen and oxygen atoms in total. The van der Waals surface area contributed by atoms with Crippen LogP contribution in [0, 0.1) is 0 Å². The maximum atomic E-state index is 11.6. The van der Waals surface area contributed by atoms with E-state index in [0.717, 1.165) is 0 Å². The number of nitrogens with one attached hydrogen (secondary N) is 3. The summed E-state index contributed by atoms with van der Waals surface area (Å²) >= 11 is 11.7. The van der Waals surface area contributed by atoms with Gasteiger partial charge in [-0.3, -0.25) is 4.79 Å². The lowest BCUT2D eigenvalue weighted by molar-refractivity contribution is -0.115. The van der Waals surface area contributed by atoms with Gasteiger partial charge in [0.05, 0.1) is 17.3 Å². The lowest BCUT2D eigenvalue weighted by Crippen LogP contribution is -2.42. The maximum absolute atomic E-state index is 11.6. The molecule has 1 aromatic rings. The summed E-state index contributed by atoms with van der Waals surface area (Å²) in [4.78, 5) is 22.9. The minimum Gasteiger partial charge on any atom is -0.336 e. The Bertz CT molecular complexity index is 478. The maximum Gasteiger partial charge on any atom is 0.315 e. The van der Waals surface area contributed by atoms with Crippen LogP contribution in [0.3, 0.4) is 0 Å². The molecule has 0 saturated carbocycles. The fourth-order valence-corrected chi connectivity index (χ4v) is 1.60. The molecular formula is C12H15Cl2N3O2. The van der Waals surface area contributed by atoms with Crippen LogP contribution in [0.15, 0.2) is 18.2 Å². The number of amides is 3. The molecule has 0 aliphatic heterocycles. The Morgan fingerprint density at radius 2 is 1.95 bits per heavy atom. The highest BCUT2D eigenvalue weighted by Gasteiger charge is 2.08. The van der Waals surface area contributed by atoms with Crippen LogP contribution in [0.4, 0.5) is 10.5 Å². The summed E-state index contributed by atoms with van der Waals surface area (Å²) in [6, 6.07) is 4.34. The van der Waals surface area contributed by atoms with Gasteiger partial charge in [-0.15, -0.1) is 0 Å². The number of hydrogen-bond acceptors (Lipinski definition) is 2. The molecule has 1 rings (SSSR count). The predicted octanol–water partition coefficient (Wildman–Crippen LogP) is 2.64. The molecule has 0 unspecified atom stereocenters. The first-order chi connectivity index (χ1) is 8.88. The third-order valence-corrected chi connectivity index (χ3v) is 2.60. The second-order valence-corrected chi connectivity index (χ2v) is 5.00. The van der Waals surface area contributed by atoms with Crippen molar-refractivity contribution in [3.05, 3.63) is 28.2 Å². The Hall–Kier alpha value is -1.46. The van der Waals surface area contributed by atoms with Gasteiger partial charge in [0.25, 0.3) is 0 Å². The third-order valence-electron chi connectivity index (χ3n) is 2.03. The summed E-state index contributed by atoms with van der Waals surface area (Å²) in [5, 5.41) is 8.44. The zero-order valence-corrected chi connectivity index (χ0v) is 12.1. The number of urea groups is 1. The second kappa shape index (κ2) is 7.21. The van der Waals surface area contributed by atoms with Crippen molar-refractivity contribution >= 4 is 40.8 Å². The van der Waals surface area contributed by atoms with Crippen molar-refractivity contribution in [2.24, 2.45) is 0 Å². The van der Waals surface area contributed by atoms with Crippen molar-refractivity contribution in [2.45, 2.75) is 19.9 Å². The smallest absolute Gasteiger partial charge is 0.315 e. The molecule has 0 saturated heterocycles. The molecule has 0 fully saturated rings. The van der Waals surface area contributed by atoms with Gasteiger partial charge in [0.15, 0.2) is 0 Å². The van der Waals surface area contributed by atoms with Gasteiger partial charge in [-0.25, -0.2) is 4.79 Å². The standard InChI is InChI=1S/C12H15Cl2N3O2/c1-7(2)16-12(19)15-6-11(18)17-10-5-8(13)3-4-9(10)14/h3-5,7H,6H2,1-2H3,(H,17,18)(H2,15,16,19). The quantitative estimate of drug-likeness (QED) is 0.800. The van der Waals surface area contributed by atoms with Crippen LogP contribution < -0.4 is 16.0 Å². The van der Waals surface area contributed by atoms with Gasteiger partial charge in [0, 0.05) is 11.1 Å². The highest BCUT2D eigenvalue weighted by Crippen LogP contribution is 2.25. The van der Waals surface area contributed by atoms with Crippen LogP contribution in [-0.2, 0) is 4.79 Å². The van der Waals surface area contributed by atoms with Gasteiger partial charge in [0.2, 0.25) is 5.91 Å². The summed E-state index contributed by atoms with van der Waals surface area (Å²) in [6.45, 7) is 3.50. The van der Waals surface area contributed by atoms with Gasteiger partial charge in [-0.05, 0) is 32.0 Å². The molecule has 0 spiro atoms. The second-order valence-electron chi connectivity index (χ2n) is 4.15. The molecule has 0 aromatic heterocycles. The molecule has 0 bridgehead atoms. The molecule has 7 heteroatoms. The highest BCUT2D eigenvalue weighted by atomic mass is 35.5. The number of rotatable bonds is 4. The molecule has 0 aliphatic carbocycles. The first-order valence-corrected chi connectivity index (χ1v) is 6.43. The number of carbonyl (C=O) groups is 2. The Kier molecular flexibility index (Phi) is 5.92. The first-order valence-electron chi connectivity index (χ1n) is 5.67. The van der Waals surface area contributed by atoms with E-state index in [-0.39, 0.29) is 18.5 Å². The molecule has 104 valence electrons. The third kappa shape index (κ3) is 5.81.